The third kappa shape index (κ3) is 3.82. The number of rotatable bonds is 2. The van der Waals surface area contributed by atoms with Crippen molar-refractivity contribution in [2.45, 2.75) is 19.9 Å². The van der Waals surface area contributed by atoms with Gasteiger partial charge in [0, 0.05) is 5.03 Å². The Morgan fingerprint density at radius 3 is 2.55 bits per heavy atom. The third-order valence-electron chi connectivity index (χ3n) is 1.20. The van der Waals surface area contributed by atoms with Crippen LogP contribution in [0, 0.1) is 11.3 Å². The molecule has 0 saturated heterocycles. The van der Waals surface area contributed by atoms with Crippen LogP contribution in [-0.2, 0) is 0 Å². The van der Waals surface area contributed by atoms with Crippen molar-refractivity contribution in [1.29, 1.82) is 5.26 Å². The lowest BCUT2D eigenvalue weighted by Crippen LogP contribution is -2.18. The Balaban J connectivity index is 4.48. The van der Waals surface area contributed by atoms with E-state index in [1.807, 2.05) is 13.0 Å². The van der Waals surface area contributed by atoms with Gasteiger partial charge in [0.25, 0.3) is 0 Å². The second kappa shape index (κ2) is 4.95. The van der Waals surface area contributed by atoms with E-state index >= 15 is 0 Å². The van der Waals surface area contributed by atoms with E-state index in [0.29, 0.717) is 5.03 Å². The zero-order valence-electron chi connectivity index (χ0n) is 6.63. The molecule has 0 aliphatic heterocycles. The first-order valence-electron chi connectivity index (χ1n) is 3.27. The van der Waals surface area contributed by atoms with E-state index in [4.69, 9.17) is 22.6 Å². The van der Waals surface area contributed by atoms with Gasteiger partial charge in [-0.05, 0) is 25.5 Å². The molecule has 11 heavy (non-hydrogen) atoms. The molecule has 3 heteroatoms. The maximum Gasteiger partial charge on any atom is 0.118 e. The molecule has 0 spiro atoms. The van der Waals surface area contributed by atoms with Crippen molar-refractivity contribution in [1.82, 2.24) is 0 Å². The smallest absolute Gasteiger partial charge is 0.118 e. The first-order valence-corrected chi connectivity index (χ1v) is 3.64. The summed E-state index contributed by atoms with van der Waals surface area (Å²) >= 11 is 5.61. The number of allylic oxidation sites excluding steroid dienone is 2. The van der Waals surface area contributed by atoms with Gasteiger partial charge in [-0.3, -0.25) is 0 Å². The zero-order chi connectivity index (χ0) is 8.85. The van der Waals surface area contributed by atoms with Crippen LogP contribution in [0.4, 0.5) is 0 Å². The van der Waals surface area contributed by atoms with Crippen LogP contribution in [0.2, 0.25) is 0 Å². The molecule has 2 nitrogen and oxygen atoms in total. The van der Waals surface area contributed by atoms with E-state index in [1.165, 1.54) is 0 Å². The van der Waals surface area contributed by atoms with Crippen LogP contribution in [-0.4, -0.2) is 6.04 Å². The van der Waals surface area contributed by atoms with Crippen LogP contribution < -0.4 is 5.73 Å². The molecule has 60 valence electrons. The van der Waals surface area contributed by atoms with Crippen LogP contribution in [0.5, 0.6) is 0 Å². The number of nitrogens with zero attached hydrogens (tertiary/aromatic N) is 1. The second-order valence-corrected chi connectivity index (χ2v) is 2.72. The van der Waals surface area contributed by atoms with E-state index in [-0.39, 0.29) is 0 Å². The standard InChI is InChI=1S/C8H11ClN2/c1-3-7(4-6(2)9)8(11)5-10/h3-4,8H,11H2,1-2H3/b6-4+,7-3+. The fraction of sp³-hybridized carbons (Fsp3) is 0.375. The summed E-state index contributed by atoms with van der Waals surface area (Å²) in [5.41, 5.74) is 6.19. The van der Waals surface area contributed by atoms with E-state index in [0.717, 1.165) is 5.57 Å². The first kappa shape index (κ1) is 10.2. The molecule has 0 aromatic rings. The molecule has 0 amide bonds. The van der Waals surface area contributed by atoms with E-state index < -0.39 is 6.04 Å². The molecular formula is C8H11ClN2. The maximum absolute atomic E-state index is 8.46. The molecule has 0 rings (SSSR count). The second-order valence-electron chi connectivity index (χ2n) is 2.13. The largest absolute Gasteiger partial charge is 0.312 e. The molecular weight excluding hydrogens is 160 g/mol. The highest BCUT2D eigenvalue weighted by Crippen LogP contribution is 2.08. The maximum atomic E-state index is 8.46. The van der Waals surface area contributed by atoms with Crippen molar-refractivity contribution in [2.75, 3.05) is 0 Å². The van der Waals surface area contributed by atoms with Gasteiger partial charge in [-0.1, -0.05) is 17.7 Å². The average molecular weight is 171 g/mol. The lowest BCUT2D eigenvalue weighted by molar-refractivity contribution is 0.987. The summed E-state index contributed by atoms with van der Waals surface area (Å²) in [4.78, 5) is 0. The molecule has 0 radical (unpaired) electrons. The number of nitrogens with two attached hydrogens (primary N) is 1. The monoisotopic (exact) mass is 170 g/mol. The molecule has 0 saturated carbocycles. The summed E-state index contributed by atoms with van der Waals surface area (Å²) in [6.45, 7) is 3.57. The molecule has 0 heterocycles. The summed E-state index contributed by atoms with van der Waals surface area (Å²) in [6.07, 6.45) is 3.47. The number of hydrogen-bond donors (Lipinski definition) is 1. The van der Waals surface area contributed by atoms with Gasteiger partial charge in [0.1, 0.15) is 6.04 Å². The van der Waals surface area contributed by atoms with E-state index in [2.05, 4.69) is 0 Å². The number of nitriles is 1. The predicted molar refractivity (Wildman–Crippen MR) is 47.0 cm³/mol. The average Bonchev–Trinajstić information content (AvgIpc) is 1.98. The van der Waals surface area contributed by atoms with Crippen LogP contribution in [0.1, 0.15) is 13.8 Å². The van der Waals surface area contributed by atoms with Gasteiger partial charge in [-0.2, -0.15) is 5.26 Å². The summed E-state index contributed by atoms with van der Waals surface area (Å²) in [7, 11) is 0. The van der Waals surface area contributed by atoms with Gasteiger partial charge in [0.05, 0.1) is 6.07 Å². The van der Waals surface area contributed by atoms with Gasteiger partial charge >= 0.3 is 0 Å². The normalized spacial score (nSPS) is 15.9. The van der Waals surface area contributed by atoms with Crippen molar-refractivity contribution in [3.05, 3.63) is 22.8 Å². The first-order chi connectivity index (χ1) is 5.11. The van der Waals surface area contributed by atoms with Crippen molar-refractivity contribution in [2.24, 2.45) is 5.73 Å². The van der Waals surface area contributed by atoms with Gasteiger partial charge < -0.3 is 5.73 Å². The molecule has 1 unspecified atom stereocenters. The Hall–Kier alpha value is -0.780. The number of hydrogen-bond acceptors (Lipinski definition) is 2. The van der Waals surface area contributed by atoms with Gasteiger partial charge in [0.15, 0.2) is 0 Å². The minimum absolute atomic E-state index is 0.575. The van der Waals surface area contributed by atoms with Crippen molar-refractivity contribution >= 4 is 11.6 Å². The Labute approximate surface area is 72.0 Å². The SMILES string of the molecule is C/C=C(\C=C(/C)Cl)C(N)C#N. The van der Waals surface area contributed by atoms with Crippen molar-refractivity contribution in [3.8, 4) is 6.07 Å². The molecule has 0 bridgehead atoms. The minimum Gasteiger partial charge on any atom is -0.312 e. The van der Waals surface area contributed by atoms with Gasteiger partial charge in [-0.25, -0.2) is 0 Å². The lowest BCUT2D eigenvalue weighted by Gasteiger charge is -2.02. The molecule has 1 atom stereocenters. The van der Waals surface area contributed by atoms with Crippen LogP contribution in [0.15, 0.2) is 22.8 Å². The highest BCUT2D eigenvalue weighted by atomic mass is 35.5. The number of halogens is 1. The van der Waals surface area contributed by atoms with Gasteiger partial charge in [0.2, 0.25) is 0 Å². The summed E-state index contributed by atoms with van der Waals surface area (Å²) in [6, 6.07) is 1.35. The summed E-state index contributed by atoms with van der Waals surface area (Å²) < 4.78 is 0. The Morgan fingerprint density at radius 2 is 2.27 bits per heavy atom. The van der Waals surface area contributed by atoms with Crippen LogP contribution >= 0.6 is 11.6 Å². The third-order valence-corrected chi connectivity index (χ3v) is 1.31. The Kier molecular flexibility index (Phi) is 4.60. The highest BCUT2D eigenvalue weighted by Gasteiger charge is 2.02. The Morgan fingerprint density at radius 1 is 1.73 bits per heavy atom. The lowest BCUT2D eigenvalue weighted by atomic mass is 10.1. The highest BCUT2D eigenvalue weighted by molar-refractivity contribution is 6.29. The van der Waals surface area contributed by atoms with E-state index in [1.54, 1.807) is 19.1 Å². The van der Waals surface area contributed by atoms with E-state index in [9.17, 15) is 0 Å². The molecule has 0 aliphatic carbocycles. The molecule has 0 fully saturated rings. The van der Waals surface area contributed by atoms with Crippen molar-refractivity contribution < 1.29 is 0 Å². The molecule has 0 aliphatic rings. The van der Waals surface area contributed by atoms with Gasteiger partial charge in [-0.15, -0.1) is 0 Å². The summed E-state index contributed by atoms with van der Waals surface area (Å²) in [5.74, 6) is 0. The fourth-order valence-corrected chi connectivity index (χ4v) is 0.783. The molecule has 0 aromatic heterocycles. The zero-order valence-corrected chi connectivity index (χ0v) is 7.39. The fourth-order valence-electron chi connectivity index (χ4n) is 0.657. The molecule has 0 aromatic carbocycles. The molecule has 2 N–H and O–H groups in total. The minimum atomic E-state index is -0.575. The summed E-state index contributed by atoms with van der Waals surface area (Å²) in [5, 5.41) is 9.09. The van der Waals surface area contributed by atoms with Crippen LogP contribution in [0.25, 0.3) is 0 Å². The predicted octanol–water partition coefficient (Wildman–Crippen LogP) is 1.93. The van der Waals surface area contributed by atoms with Crippen molar-refractivity contribution in [3.63, 3.8) is 0 Å². The Bertz CT molecular complexity index is 219. The van der Waals surface area contributed by atoms with Crippen LogP contribution in [0.3, 0.4) is 0 Å². The quantitative estimate of drug-likeness (QED) is 0.644. The topological polar surface area (TPSA) is 49.8 Å².